The first kappa shape index (κ1) is 10.8. The third-order valence-electron chi connectivity index (χ3n) is 1.40. The van der Waals surface area contributed by atoms with E-state index < -0.39 is 11.9 Å². The molecule has 0 bridgehead atoms. The molecular formula is C6H10F3N3. The second-order valence-corrected chi connectivity index (χ2v) is 2.18. The quantitative estimate of drug-likeness (QED) is 0.286. The number of halogens is 3. The summed E-state index contributed by atoms with van der Waals surface area (Å²) in [7, 11) is 1.20. The molecule has 0 radical (unpaired) electrons. The molecule has 0 heterocycles. The van der Waals surface area contributed by atoms with E-state index in [-0.39, 0.29) is 5.84 Å². The molecule has 0 aliphatic heterocycles. The minimum atomic E-state index is -4.44. The summed E-state index contributed by atoms with van der Waals surface area (Å²) >= 11 is 0. The van der Waals surface area contributed by atoms with Gasteiger partial charge in [-0.15, -0.1) is 0 Å². The van der Waals surface area contributed by atoms with Crippen molar-refractivity contribution in [1.29, 1.82) is 0 Å². The first-order valence-corrected chi connectivity index (χ1v) is 3.05. The van der Waals surface area contributed by atoms with Crippen LogP contribution in [0.3, 0.4) is 0 Å². The van der Waals surface area contributed by atoms with Crippen molar-refractivity contribution in [3.63, 3.8) is 0 Å². The second kappa shape index (κ2) is 3.46. The van der Waals surface area contributed by atoms with Gasteiger partial charge in [-0.25, -0.2) is 0 Å². The van der Waals surface area contributed by atoms with Crippen LogP contribution in [0.2, 0.25) is 0 Å². The summed E-state index contributed by atoms with van der Waals surface area (Å²) in [5, 5.41) is 3.10. The van der Waals surface area contributed by atoms with E-state index in [0.717, 1.165) is 4.90 Å². The second-order valence-electron chi connectivity index (χ2n) is 2.18. The van der Waals surface area contributed by atoms with E-state index in [1.54, 1.807) is 0 Å². The zero-order valence-electron chi connectivity index (χ0n) is 6.81. The van der Waals surface area contributed by atoms with E-state index in [1.807, 2.05) is 0 Å². The molecule has 0 saturated heterocycles. The van der Waals surface area contributed by atoms with E-state index >= 15 is 0 Å². The van der Waals surface area contributed by atoms with E-state index in [9.17, 15) is 13.2 Å². The standard InChI is InChI=1S/C6H10F3N3/c1-4(6(7,8)9)12(3)5(2)11-10/h1,10H2,2-3H3/b11-5-. The number of nitrogens with two attached hydrogens (primary N) is 1. The number of allylic oxidation sites excluding steroid dienone is 1. The molecule has 0 aliphatic carbocycles. The lowest BCUT2D eigenvalue weighted by Gasteiger charge is -2.21. The average Bonchev–Trinajstić information content (AvgIpc) is 1.98. The summed E-state index contributed by atoms with van der Waals surface area (Å²) in [6.07, 6.45) is -4.44. The van der Waals surface area contributed by atoms with Gasteiger partial charge in [-0.3, -0.25) is 0 Å². The number of alkyl halides is 3. The largest absolute Gasteiger partial charge is 0.430 e. The molecule has 0 spiro atoms. The minimum Gasteiger partial charge on any atom is -0.328 e. The molecule has 0 rings (SSSR count). The Morgan fingerprint density at radius 3 is 2.17 bits per heavy atom. The lowest BCUT2D eigenvalue weighted by molar-refractivity contribution is -0.104. The van der Waals surface area contributed by atoms with Crippen LogP contribution in [-0.2, 0) is 0 Å². The fourth-order valence-corrected chi connectivity index (χ4v) is 0.472. The van der Waals surface area contributed by atoms with Gasteiger partial charge in [-0.1, -0.05) is 6.58 Å². The van der Waals surface area contributed by atoms with Crippen LogP contribution in [0.5, 0.6) is 0 Å². The highest BCUT2D eigenvalue weighted by molar-refractivity contribution is 5.80. The summed E-state index contributed by atoms with van der Waals surface area (Å²) in [4.78, 5) is 0.778. The highest BCUT2D eigenvalue weighted by Gasteiger charge is 2.35. The van der Waals surface area contributed by atoms with Crippen LogP contribution in [0.4, 0.5) is 13.2 Å². The molecule has 0 saturated carbocycles. The number of amidine groups is 1. The smallest absolute Gasteiger partial charge is 0.328 e. The van der Waals surface area contributed by atoms with Crippen molar-refractivity contribution in [3.8, 4) is 0 Å². The van der Waals surface area contributed by atoms with E-state index in [2.05, 4.69) is 11.7 Å². The summed E-state index contributed by atoms with van der Waals surface area (Å²) in [6.45, 7) is 4.22. The van der Waals surface area contributed by atoms with Gasteiger partial charge in [0.2, 0.25) is 0 Å². The highest BCUT2D eigenvalue weighted by atomic mass is 19.4. The van der Waals surface area contributed by atoms with Crippen molar-refractivity contribution in [3.05, 3.63) is 12.3 Å². The molecule has 12 heavy (non-hydrogen) atoms. The maximum absolute atomic E-state index is 12.0. The monoisotopic (exact) mass is 181 g/mol. The van der Waals surface area contributed by atoms with Crippen LogP contribution in [-0.4, -0.2) is 24.0 Å². The number of hydrogen-bond donors (Lipinski definition) is 1. The Labute approximate surface area is 68.3 Å². The Morgan fingerprint density at radius 1 is 1.50 bits per heavy atom. The third-order valence-corrected chi connectivity index (χ3v) is 1.40. The first-order valence-electron chi connectivity index (χ1n) is 3.05. The van der Waals surface area contributed by atoms with Crippen molar-refractivity contribution in [2.75, 3.05) is 7.05 Å². The van der Waals surface area contributed by atoms with Crippen molar-refractivity contribution in [2.45, 2.75) is 13.1 Å². The summed E-state index contributed by atoms with van der Waals surface area (Å²) in [6, 6.07) is 0. The van der Waals surface area contributed by atoms with E-state index in [4.69, 9.17) is 5.84 Å². The van der Waals surface area contributed by atoms with Crippen LogP contribution in [0.1, 0.15) is 6.92 Å². The number of rotatable bonds is 1. The van der Waals surface area contributed by atoms with Crippen LogP contribution in [0.25, 0.3) is 0 Å². The molecule has 0 unspecified atom stereocenters. The Bertz CT molecular complexity index is 207. The topological polar surface area (TPSA) is 41.6 Å². The maximum Gasteiger partial charge on any atom is 0.430 e. The summed E-state index contributed by atoms with van der Waals surface area (Å²) in [5.74, 6) is 4.84. The van der Waals surface area contributed by atoms with Crippen molar-refractivity contribution in [2.24, 2.45) is 10.9 Å². The highest BCUT2D eigenvalue weighted by Crippen LogP contribution is 2.25. The predicted molar refractivity (Wildman–Crippen MR) is 40.3 cm³/mol. The molecule has 2 N–H and O–H groups in total. The number of hydrogen-bond acceptors (Lipinski definition) is 2. The number of hydrazone groups is 1. The molecular weight excluding hydrogens is 171 g/mol. The lowest BCUT2D eigenvalue weighted by atomic mass is 10.4. The van der Waals surface area contributed by atoms with E-state index in [0.29, 0.717) is 0 Å². The normalized spacial score (nSPS) is 12.9. The SMILES string of the molecule is C=C(N(C)/C(C)=N\N)C(F)(F)F. The van der Waals surface area contributed by atoms with E-state index in [1.165, 1.54) is 14.0 Å². The molecule has 0 atom stereocenters. The Kier molecular flexibility index (Phi) is 3.12. The maximum atomic E-state index is 12.0. The van der Waals surface area contributed by atoms with Crippen LogP contribution in [0, 0.1) is 0 Å². The molecule has 0 aromatic carbocycles. The van der Waals surface area contributed by atoms with Gasteiger partial charge >= 0.3 is 6.18 Å². The minimum absolute atomic E-state index is 0.0531. The molecule has 0 amide bonds. The number of nitrogens with zero attached hydrogens (tertiary/aromatic N) is 2. The molecule has 70 valence electrons. The molecule has 0 aromatic heterocycles. The molecule has 0 aliphatic rings. The molecule has 3 nitrogen and oxygen atoms in total. The van der Waals surface area contributed by atoms with Gasteiger partial charge in [0.05, 0.1) is 0 Å². The van der Waals surface area contributed by atoms with Crippen molar-refractivity contribution >= 4 is 5.84 Å². The summed E-state index contributed by atoms with van der Waals surface area (Å²) in [5.41, 5.74) is -0.991. The van der Waals surface area contributed by atoms with Crippen LogP contribution < -0.4 is 5.84 Å². The van der Waals surface area contributed by atoms with Gasteiger partial charge < -0.3 is 10.7 Å². The van der Waals surface area contributed by atoms with Gasteiger partial charge in [-0.05, 0) is 6.92 Å². The Balaban J connectivity index is 4.52. The average molecular weight is 181 g/mol. The first-order chi connectivity index (χ1) is 5.30. The Hall–Kier alpha value is -1.20. The molecule has 6 heteroatoms. The zero-order chi connectivity index (χ0) is 9.94. The van der Waals surface area contributed by atoms with Gasteiger partial charge in [0.25, 0.3) is 0 Å². The predicted octanol–water partition coefficient (Wildman–Crippen LogP) is 1.29. The fourth-order valence-electron chi connectivity index (χ4n) is 0.472. The summed E-state index contributed by atoms with van der Waals surface area (Å²) < 4.78 is 35.9. The third kappa shape index (κ3) is 2.44. The van der Waals surface area contributed by atoms with Gasteiger partial charge in [-0.2, -0.15) is 18.3 Å². The fraction of sp³-hybridized carbons (Fsp3) is 0.500. The zero-order valence-corrected chi connectivity index (χ0v) is 6.81. The molecule has 0 fully saturated rings. The lowest BCUT2D eigenvalue weighted by Crippen LogP contribution is -2.31. The van der Waals surface area contributed by atoms with Gasteiger partial charge in [0, 0.05) is 7.05 Å². The van der Waals surface area contributed by atoms with Crippen molar-refractivity contribution < 1.29 is 13.2 Å². The van der Waals surface area contributed by atoms with Crippen LogP contribution >= 0.6 is 0 Å². The van der Waals surface area contributed by atoms with Crippen molar-refractivity contribution in [1.82, 2.24) is 4.90 Å². The van der Waals surface area contributed by atoms with Gasteiger partial charge in [0.15, 0.2) is 0 Å². The Morgan fingerprint density at radius 2 is 1.92 bits per heavy atom. The van der Waals surface area contributed by atoms with Crippen LogP contribution in [0.15, 0.2) is 17.4 Å². The molecule has 0 aromatic rings. The van der Waals surface area contributed by atoms with Gasteiger partial charge in [0.1, 0.15) is 11.5 Å².